The van der Waals surface area contributed by atoms with Crippen LogP contribution >= 0.6 is 0 Å². The van der Waals surface area contributed by atoms with Gasteiger partial charge in [-0.2, -0.15) is 0 Å². The normalized spacial score (nSPS) is 20.6. The van der Waals surface area contributed by atoms with E-state index in [1.54, 1.807) is 0 Å². The number of carbonyl (C=O) groups is 2. The quantitative estimate of drug-likeness (QED) is 0.776. The predicted molar refractivity (Wildman–Crippen MR) is 65.7 cm³/mol. The minimum atomic E-state index is -0.856. The number of aliphatic carboxylic acids is 1. The standard InChI is InChI=1S/C13H23NO3/c1-3-10(9-11(15)16)14-12(17)13(2)7-5-4-6-8-13/h10H,3-9H2,1-2H3,(H,14,17)(H,15,16). The van der Waals surface area contributed by atoms with E-state index in [0.29, 0.717) is 6.42 Å². The third-order valence-corrected chi connectivity index (χ3v) is 3.75. The minimum absolute atomic E-state index is 0.0122. The summed E-state index contributed by atoms with van der Waals surface area (Å²) < 4.78 is 0. The number of nitrogens with one attached hydrogen (secondary N) is 1. The van der Waals surface area contributed by atoms with Crippen molar-refractivity contribution in [2.45, 2.75) is 64.8 Å². The molecule has 0 bridgehead atoms. The summed E-state index contributed by atoms with van der Waals surface area (Å²) in [6.45, 7) is 3.89. The van der Waals surface area contributed by atoms with Crippen LogP contribution in [-0.2, 0) is 9.59 Å². The van der Waals surface area contributed by atoms with Crippen molar-refractivity contribution in [3.05, 3.63) is 0 Å². The molecule has 0 aromatic rings. The summed E-state index contributed by atoms with van der Waals surface area (Å²) in [5, 5.41) is 11.6. The molecule has 4 heteroatoms. The average molecular weight is 241 g/mol. The number of hydrogen-bond acceptors (Lipinski definition) is 2. The van der Waals surface area contributed by atoms with Crippen LogP contribution in [0.3, 0.4) is 0 Å². The highest BCUT2D eigenvalue weighted by molar-refractivity contribution is 5.83. The first-order valence-corrected chi connectivity index (χ1v) is 6.50. The van der Waals surface area contributed by atoms with Crippen molar-refractivity contribution in [1.82, 2.24) is 5.32 Å². The molecular formula is C13H23NO3. The Morgan fingerprint density at radius 3 is 2.35 bits per heavy atom. The Morgan fingerprint density at radius 1 is 1.29 bits per heavy atom. The maximum Gasteiger partial charge on any atom is 0.305 e. The summed E-state index contributed by atoms with van der Waals surface area (Å²) in [6, 6.07) is -0.237. The number of carbonyl (C=O) groups excluding carboxylic acids is 1. The molecule has 1 saturated carbocycles. The van der Waals surface area contributed by atoms with Crippen LogP contribution in [0.5, 0.6) is 0 Å². The fourth-order valence-electron chi connectivity index (χ4n) is 2.43. The van der Waals surface area contributed by atoms with Crippen molar-refractivity contribution in [1.29, 1.82) is 0 Å². The lowest BCUT2D eigenvalue weighted by Crippen LogP contribution is -2.45. The van der Waals surface area contributed by atoms with Crippen molar-refractivity contribution >= 4 is 11.9 Å². The molecule has 0 saturated heterocycles. The first kappa shape index (κ1) is 14.0. The van der Waals surface area contributed by atoms with Crippen LogP contribution < -0.4 is 5.32 Å². The lowest BCUT2D eigenvalue weighted by Gasteiger charge is -2.33. The molecule has 1 aliphatic carbocycles. The largest absolute Gasteiger partial charge is 0.481 e. The molecule has 1 atom stereocenters. The molecular weight excluding hydrogens is 218 g/mol. The fourth-order valence-corrected chi connectivity index (χ4v) is 2.43. The van der Waals surface area contributed by atoms with E-state index in [-0.39, 0.29) is 23.8 Å². The first-order valence-electron chi connectivity index (χ1n) is 6.50. The molecule has 17 heavy (non-hydrogen) atoms. The van der Waals surface area contributed by atoms with Gasteiger partial charge < -0.3 is 10.4 Å². The summed E-state index contributed by atoms with van der Waals surface area (Å²) in [5.41, 5.74) is -0.288. The molecule has 0 aromatic heterocycles. The molecule has 0 radical (unpaired) electrons. The van der Waals surface area contributed by atoms with Gasteiger partial charge in [-0.3, -0.25) is 9.59 Å². The fraction of sp³-hybridized carbons (Fsp3) is 0.846. The first-order chi connectivity index (χ1) is 7.98. The minimum Gasteiger partial charge on any atom is -0.481 e. The zero-order valence-electron chi connectivity index (χ0n) is 10.8. The van der Waals surface area contributed by atoms with E-state index in [4.69, 9.17) is 5.11 Å². The SMILES string of the molecule is CCC(CC(=O)O)NC(=O)C1(C)CCCCC1. The van der Waals surface area contributed by atoms with Gasteiger partial charge in [-0.15, -0.1) is 0 Å². The van der Waals surface area contributed by atoms with Crippen molar-refractivity contribution in [2.24, 2.45) is 5.41 Å². The van der Waals surface area contributed by atoms with Crippen LogP contribution in [0.25, 0.3) is 0 Å². The highest BCUT2D eigenvalue weighted by atomic mass is 16.4. The molecule has 1 fully saturated rings. The van der Waals surface area contributed by atoms with E-state index in [0.717, 1.165) is 25.7 Å². The lowest BCUT2D eigenvalue weighted by atomic mass is 9.75. The molecule has 98 valence electrons. The average Bonchev–Trinajstić information content (AvgIpc) is 2.28. The van der Waals surface area contributed by atoms with Crippen molar-refractivity contribution in [3.63, 3.8) is 0 Å². The zero-order chi connectivity index (χ0) is 12.9. The number of amides is 1. The molecule has 2 N–H and O–H groups in total. The van der Waals surface area contributed by atoms with E-state index in [2.05, 4.69) is 5.32 Å². The smallest absolute Gasteiger partial charge is 0.305 e. The van der Waals surface area contributed by atoms with E-state index >= 15 is 0 Å². The van der Waals surface area contributed by atoms with Gasteiger partial charge in [0.15, 0.2) is 0 Å². The summed E-state index contributed by atoms with van der Waals surface area (Å²) in [7, 11) is 0. The molecule has 1 rings (SSSR count). The molecule has 0 aromatic carbocycles. The van der Waals surface area contributed by atoms with Crippen molar-refractivity contribution in [3.8, 4) is 0 Å². The van der Waals surface area contributed by atoms with Crippen molar-refractivity contribution in [2.75, 3.05) is 0 Å². The number of carboxylic acids is 1. The van der Waals surface area contributed by atoms with Gasteiger partial charge in [0.05, 0.1) is 6.42 Å². The third kappa shape index (κ3) is 4.02. The van der Waals surface area contributed by atoms with Crippen LogP contribution in [0.2, 0.25) is 0 Å². The molecule has 0 spiro atoms. The van der Waals surface area contributed by atoms with Gasteiger partial charge in [0.25, 0.3) is 0 Å². The lowest BCUT2D eigenvalue weighted by molar-refractivity contribution is -0.138. The van der Waals surface area contributed by atoms with E-state index < -0.39 is 5.97 Å². The molecule has 1 unspecified atom stereocenters. The van der Waals surface area contributed by atoms with Crippen LogP contribution in [-0.4, -0.2) is 23.0 Å². The predicted octanol–water partition coefficient (Wildman–Crippen LogP) is 2.33. The maximum absolute atomic E-state index is 12.2. The topological polar surface area (TPSA) is 66.4 Å². The van der Waals surface area contributed by atoms with Gasteiger partial charge in [-0.1, -0.05) is 33.1 Å². The van der Waals surface area contributed by atoms with Gasteiger partial charge in [0.1, 0.15) is 0 Å². The molecule has 0 heterocycles. The van der Waals surface area contributed by atoms with E-state index in [1.165, 1.54) is 6.42 Å². The van der Waals surface area contributed by atoms with E-state index in [9.17, 15) is 9.59 Å². The zero-order valence-corrected chi connectivity index (χ0v) is 10.8. The Labute approximate surface area is 103 Å². The Balaban J connectivity index is 2.53. The van der Waals surface area contributed by atoms with Gasteiger partial charge in [0, 0.05) is 11.5 Å². The summed E-state index contributed by atoms with van der Waals surface area (Å²) >= 11 is 0. The Morgan fingerprint density at radius 2 is 1.88 bits per heavy atom. The third-order valence-electron chi connectivity index (χ3n) is 3.75. The Hall–Kier alpha value is -1.06. The molecule has 1 aliphatic rings. The Kier molecular flexibility index (Phi) is 4.97. The number of rotatable bonds is 5. The monoisotopic (exact) mass is 241 g/mol. The van der Waals surface area contributed by atoms with Crippen LogP contribution in [0.15, 0.2) is 0 Å². The van der Waals surface area contributed by atoms with Crippen LogP contribution in [0, 0.1) is 5.41 Å². The van der Waals surface area contributed by atoms with Crippen LogP contribution in [0.1, 0.15) is 58.8 Å². The summed E-state index contributed by atoms with van der Waals surface area (Å²) in [5.74, 6) is -0.823. The second kappa shape index (κ2) is 6.03. The summed E-state index contributed by atoms with van der Waals surface area (Å²) in [4.78, 5) is 22.8. The van der Waals surface area contributed by atoms with Gasteiger partial charge in [-0.05, 0) is 19.3 Å². The van der Waals surface area contributed by atoms with Gasteiger partial charge in [-0.25, -0.2) is 0 Å². The molecule has 4 nitrogen and oxygen atoms in total. The highest BCUT2D eigenvalue weighted by Crippen LogP contribution is 2.36. The second-order valence-electron chi connectivity index (χ2n) is 5.30. The second-order valence-corrected chi connectivity index (χ2v) is 5.30. The highest BCUT2D eigenvalue weighted by Gasteiger charge is 2.35. The molecule has 1 amide bonds. The molecule has 0 aliphatic heterocycles. The van der Waals surface area contributed by atoms with Crippen molar-refractivity contribution < 1.29 is 14.7 Å². The number of hydrogen-bond donors (Lipinski definition) is 2. The Bertz CT molecular complexity index is 282. The maximum atomic E-state index is 12.2. The van der Waals surface area contributed by atoms with Gasteiger partial charge in [0.2, 0.25) is 5.91 Å². The van der Waals surface area contributed by atoms with E-state index in [1.807, 2.05) is 13.8 Å². The van der Waals surface area contributed by atoms with Gasteiger partial charge >= 0.3 is 5.97 Å². The number of carboxylic acid groups (broad SMARTS) is 1. The van der Waals surface area contributed by atoms with Crippen LogP contribution in [0.4, 0.5) is 0 Å². The summed E-state index contributed by atoms with van der Waals surface area (Å²) in [6.07, 6.45) is 5.91.